The van der Waals surface area contributed by atoms with Gasteiger partial charge in [-0.2, -0.15) is 0 Å². The van der Waals surface area contributed by atoms with Crippen molar-refractivity contribution in [2.45, 2.75) is 31.9 Å². The minimum atomic E-state index is 0.0250. The van der Waals surface area contributed by atoms with Gasteiger partial charge in [0.05, 0.1) is 0 Å². The molecule has 0 aromatic heterocycles. The molecule has 106 valence electrons. The summed E-state index contributed by atoms with van der Waals surface area (Å²) in [5.74, 6) is 0.118. The van der Waals surface area contributed by atoms with Crippen LogP contribution in [0.5, 0.6) is 0 Å². The third kappa shape index (κ3) is 3.28. The first-order valence-corrected chi connectivity index (χ1v) is 7.50. The predicted octanol–water partition coefficient (Wildman–Crippen LogP) is 2.66. The van der Waals surface area contributed by atoms with Gasteiger partial charge in [-0.1, -0.05) is 18.7 Å². The molecule has 1 atom stereocenters. The molecule has 1 amide bonds. The zero-order chi connectivity index (χ0) is 14.7. The van der Waals surface area contributed by atoms with Crippen LogP contribution < -0.4 is 4.90 Å². The van der Waals surface area contributed by atoms with Gasteiger partial charge < -0.3 is 4.90 Å². The molecular formula is C15H17NO3S. The van der Waals surface area contributed by atoms with Crippen molar-refractivity contribution in [2.24, 2.45) is 0 Å². The third-order valence-corrected chi connectivity index (χ3v) is 4.23. The van der Waals surface area contributed by atoms with E-state index in [1.54, 1.807) is 29.2 Å². The van der Waals surface area contributed by atoms with Crippen LogP contribution in [0, 0.1) is 0 Å². The largest absolute Gasteiger partial charge is 0.311 e. The summed E-state index contributed by atoms with van der Waals surface area (Å²) in [6, 6.07) is 7.09. The fourth-order valence-electron chi connectivity index (χ4n) is 2.27. The highest BCUT2D eigenvalue weighted by Crippen LogP contribution is 2.28. The molecule has 0 aliphatic carbocycles. The normalized spacial score (nSPS) is 18.4. The molecule has 1 aliphatic heterocycles. The van der Waals surface area contributed by atoms with Gasteiger partial charge in [0.2, 0.25) is 5.91 Å². The number of amides is 1. The Bertz CT molecular complexity index is 539. The average Bonchev–Trinajstić information content (AvgIpc) is 2.78. The van der Waals surface area contributed by atoms with Crippen LogP contribution in [0.25, 0.3) is 0 Å². The molecule has 1 fully saturated rings. The molecule has 0 bridgehead atoms. The van der Waals surface area contributed by atoms with E-state index in [0.29, 0.717) is 24.9 Å². The minimum absolute atomic E-state index is 0.0250. The second-order valence-electron chi connectivity index (χ2n) is 4.76. The molecule has 0 N–H and O–H groups in total. The first-order chi connectivity index (χ1) is 9.51. The number of carbonyl (C=O) groups is 3. The molecule has 0 spiro atoms. The summed E-state index contributed by atoms with van der Waals surface area (Å²) in [5, 5.41) is 0.0606. The van der Waals surface area contributed by atoms with Crippen LogP contribution in [0.3, 0.4) is 0 Å². The fourth-order valence-corrected chi connectivity index (χ4v) is 3.19. The van der Waals surface area contributed by atoms with E-state index >= 15 is 0 Å². The average molecular weight is 291 g/mol. The smallest absolute Gasteiger partial charge is 0.228 e. The highest BCUT2D eigenvalue weighted by molar-refractivity contribution is 8.14. The monoisotopic (exact) mass is 291 g/mol. The van der Waals surface area contributed by atoms with Crippen molar-refractivity contribution in [3.8, 4) is 0 Å². The van der Waals surface area contributed by atoms with Gasteiger partial charge in [0.25, 0.3) is 0 Å². The number of hydrogen-bond donors (Lipinski definition) is 0. The Hall–Kier alpha value is -1.62. The lowest BCUT2D eigenvalue weighted by Crippen LogP contribution is -2.24. The molecule has 1 aromatic rings. The standard InChI is InChI=1S/C15H17NO3S/c1-3-14(18)11-4-6-12(7-5-11)16-9-13(8-15(16)19)20-10(2)17/h4-7,13H,3,8-9H2,1-2H3. The molecule has 20 heavy (non-hydrogen) atoms. The van der Waals surface area contributed by atoms with Crippen LogP contribution in [-0.4, -0.2) is 28.6 Å². The zero-order valence-electron chi connectivity index (χ0n) is 11.6. The number of anilines is 1. The first kappa shape index (κ1) is 14.8. The minimum Gasteiger partial charge on any atom is -0.311 e. The SMILES string of the molecule is CCC(=O)c1ccc(N2CC(SC(C)=O)CC2=O)cc1. The van der Waals surface area contributed by atoms with Gasteiger partial charge in [-0.25, -0.2) is 0 Å². The number of rotatable bonds is 4. The van der Waals surface area contributed by atoms with Gasteiger partial charge in [0.1, 0.15) is 0 Å². The summed E-state index contributed by atoms with van der Waals surface area (Å²) in [7, 11) is 0. The maximum Gasteiger partial charge on any atom is 0.228 e. The number of Topliss-reactive ketones (excluding diaryl/α,β-unsaturated/α-hetero) is 1. The Kier molecular flexibility index (Phi) is 4.60. The van der Waals surface area contributed by atoms with E-state index in [2.05, 4.69) is 0 Å². The van der Waals surface area contributed by atoms with Crippen LogP contribution in [0.15, 0.2) is 24.3 Å². The second-order valence-corrected chi connectivity index (χ2v) is 6.24. The molecule has 1 aromatic carbocycles. The maximum atomic E-state index is 12.0. The number of hydrogen-bond acceptors (Lipinski definition) is 4. The lowest BCUT2D eigenvalue weighted by molar-refractivity contribution is -0.117. The Morgan fingerprint density at radius 1 is 1.30 bits per heavy atom. The number of benzene rings is 1. The number of thioether (sulfide) groups is 1. The molecule has 1 aliphatic rings. The lowest BCUT2D eigenvalue weighted by atomic mass is 10.1. The zero-order valence-corrected chi connectivity index (χ0v) is 12.4. The maximum absolute atomic E-state index is 12.0. The lowest BCUT2D eigenvalue weighted by Gasteiger charge is -2.16. The summed E-state index contributed by atoms with van der Waals surface area (Å²) < 4.78 is 0. The van der Waals surface area contributed by atoms with Crippen LogP contribution in [-0.2, 0) is 9.59 Å². The highest BCUT2D eigenvalue weighted by Gasteiger charge is 2.31. The summed E-state index contributed by atoms with van der Waals surface area (Å²) in [6.45, 7) is 3.89. The third-order valence-electron chi connectivity index (χ3n) is 3.24. The molecule has 2 rings (SSSR count). The Labute approximate surface area is 122 Å². The van der Waals surface area contributed by atoms with Gasteiger partial charge in [-0.15, -0.1) is 0 Å². The van der Waals surface area contributed by atoms with Crippen LogP contribution in [0.4, 0.5) is 5.69 Å². The summed E-state index contributed by atoms with van der Waals surface area (Å²) in [5.41, 5.74) is 1.45. The van der Waals surface area contributed by atoms with Gasteiger partial charge >= 0.3 is 0 Å². The summed E-state index contributed by atoms with van der Waals surface area (Å²) in [6.07, 6.45) is 0.860. The quantitative estimate of drug-likeness (QED) is 0.800. The Balaban J connectivity index is 2.10. The van der Waals surface area contributed by atoms with E-state index in [4.69, 9.17) is 0 Å². The topological polar surface area (TPSA) is 54.5 Å². The van der Waals surface area contributed by atoms with Crippen molar-refractivity contribution in [3.63, 3.8) is 0 Å². The number of carbonyl (C=O) groups excluding carboxylic acids is 3. The highest BCUT2D eigenvalue weighted by atomic mass is 32.2. The van der Waals surface area contributed by atoms with Crippen molar-refractivity contribution < 1.29 is 14.4 Å². The molecule has 0 saturated carbocycles. The van der Waals surface area contributed by atoms with Crippen molar-refractivity contribution in [2.75, 3.05) is 11.4 Å². The van der Waals surface area contributed by atoms with Gasteiger partial charge in [0, 0.05) is 42.8 Å². The second kappa shape index (κ2) is 6.22. The van der Waals surface area contributed by atoms with Crippen LogP contribution in [0.2, 0.25) is 0 Å². The fraction of sp³-hybridized carbons (Fsp3) is 0.400. The molecule has 4 nitrogen and oxygen atoms in total. The van der Waals surface area contributed by atoms with E-state index in [1.807, 2.05) is 6.92 Å². The van der Waals surface area contributed by atoms with E-state index < -0.39 is 0 Å². The molecule has 1 heterocycles. The Morgan fingerprint density at radius 3 is 2.50 bits per heavy atom. The van der Waals surface area contributed by atoms with Crippen LogP contribution >= 0.6 is 11.8 Å². The van der Waals surface area contributed by atoms with Crippen molar-refractivity contribution in [3.05, 3.63) is 29.8 Å². The summed E-state index contributed by atoms with van der Waals surface area (Å²) >= 11 is 1.22. The van der Waals surface area contributed by atoms with Crippen molar-refractivity contribution in [1.29, 1.82) is 0 Å². The molecule has 1 saturated heterocycles. The molecule has 5 heteroatoms. The van der Waals surface area contributed by atoms with Crippen molar-refractivity contribution >= 4 is 34.3 Å². The van der Waals surface area contributed by atoms with E-state index in [-0.39, 0.29) is 22.1 Å². The Morgan fingerprint density at radius 2 is 1.95 bits per heavy atom. The van der Waals surface area contributed by atoms with Gasteiger partial charge in [-0.05, 0) is 24.3 Å². The molecular weight excluding hydrogens is 274 g/mol. The summed E-state index contributed by atoms with van der Waals surface area (Å²) in [4.78, 5) is 36.3. The predicted molar refractivity (Wildman–Crippen MR) is 80.1 cm³/mol. The van der Waals surface area contributed by atoms with Gasteiger partial charge in [0.15, 0.2) is 10.9 Å². The molecule has 1 unspecified atom stereocenters. The van der Waals surface area contributed by atoms with Crippen LogP contribution in [0.1, 0.15) is 37.0 Å². The van der Waals surface area contributed by atoms with Crippen molar-refractivity contribution in [1.82, 2.24) is 0 Å². The van der Waals surface area contributed by atoms with E-state index in [0.717, 1.165) is 5.69 Å². The molecule has 0 radical (unpaired) electrons. The first-order valence-electron chi connectivity index (χ1n) is 6.62. The van der Waals surface area contributed by atoms with E-state index in [1.165, 1.54) is 18.7 Å². The van der Waals surface area contributed by atoms with E-state index in [9.17, 15) is 14.4 Å². The number of ketones is 1. The van der Waals surface area contributed by atoms with Gasteiger partial charge in [-0.3, -0.25) is 14.4 Å². The number of nitrogens with zero attached hydrogens (tertiary/aromatic N) is 1.